The third-order valence-electron chi connectivity index (χ3n) is 3.91. The molecule has 5 heteroatoms. The standard InChI is InChI=1S/C23H15N3OS/c1-16-23(21(27)10-8-17-4-2-6-19(12-17)14-24)28-22(26-16)11-9-18-5-3-7-20(13-18)15-25/h2-13H,1H3/b10-8+,11-9+. The number of ketones is 1. The molecule has 3 aromatic rings. The molecule has 3 rings (SSSR count). The molecule has 0 spiro atoms. The van der Waals surface area contributed by atoms with Crippen LogP contribution < -0.4 is 0 Å². The van der Waals surface area contributed by atoms with Gasteiger partial charge in [-0.3, -0.25) is 4.79 Å². The summed E-state index contributed by atoms with van der Waals surface area (Å²) >= 11 is 1.32. The fourth-order valence-electron chi connectivity index (χ4n) is 2.56. The Morgan fingerprint density at radius 3 is 2.18 bits per heavy atom. The quantitative estimate of drug-likeness (QED) is 0.446. The van der Waals surface area contributed by atoms with E-state index in [9.17, 15) is 4.79 Å². The molecule has 4 nitrogen and oxygen atoms in total. The van der Waals surface area contributed by atoms with E-state index in [1.54, 1.807) is 36.4 Å². The smallest absolute Gasteiger partial charge is 0.197 e. The summed E-state index contributed by atoms with van der Waals surface area (Å²) in [7, 11) is 0. The number of hydrogen-bond acceptors (Lipinski definition) is 5. The fraction of sp³-hybridized carbons (Fsp3) is 0.0435. The molecule has 0 amide bonds. The van der Waals surface area contributed by atoms with E-state index in [0.717, 1.165) is 16.1 Å². The molecule has 0 aliphatic rings. The SMILES string of the molecule is Cc1nc(/C=C/c2cccc(C#N)c2)sc1C(=O)/C=C/c1cccc(C#N)c1. The molecule has 0 saturated heterocycles. The summed E-state index contributed by atoms with van der Waals surface area (Å²) in [5.41, 5.74) is 3.52. The molecule has 0 saturated carbocycles. The first kappa shape index (κ1) is 19.0. The second-order valence-electron chi connectivity index (χ2n) is 5.97. The Hall–Kier alpha value is -3.80. The number of allylic oxidation sites excluding steroid dienone is 1. The van der Waals surface area contributed by atoms with Gasteiger partial charge in [-0.05, 0) is 54.5 Å². The third-order valence-corrected chi connectivity index (χ3v) is 5.05. The summed E-state index contributed by atoms with van der Waals surface area (Å²) in [5, 5.41) is 18.6. The Labute approximate surface area is 167 Å². The summed E-state index contributed by atoms with van der Waals surface area (Å²) < 4.78 is 0. The van der Waals surface area contributed by atoms with Crippen molar-refractivity contribution in [3.05, 3.63) is 92.4 Å². The highest BCUT2D eigenvalue weighted by Crippen LogP contribution is 2.22. The summed E-state index contributed by atoms with van der Waals surface area (Å²) in [6, 6.07) is 18.5. The van der Waals surface area contributed by atoms with Crippen LogP contribution in [-0.2, 0) is 0 Å². The lowest BCUT2D eigenvalue weighted by molar-refractivity contribution is 0.105. The Kier molecular flexibility index (Phi) is 5.91. The molecule has 134 valence electrons. The third kappa shape index (κ3) is 4.67. The van der Waals surface area contributed by atoms with E-state index < -0.39 is 0 Å². The average molecular weight is 381 g/mol. The number of benzene rings is 2. The topological polar surface area (TPSA) is 77.5 Å². The maximum atomic E-state index is 12.5. The number of aromatic nitrogens is 1. The summed E-state index contributed by atoms with van der Waals surface area (Å²) in [5.74, 6) is -0.122. The Morgan fingerprint density at radius 1 is 0.964 bits per heavy atom. The summed E-state index contributed by atoms with van der Waals surface area (Å²) in [6.45, 7) is 1.81. The van der Waals surface area contributed by atoms with Gasteiger partial charge in [-0.1, -0.05) is 36.4 Å². The van der Waals surface area contributed by atoms with Crippen molar-refractivity contribution in [3.63, 3.8) is 0 Å². The molecule has 0 radical (unpaired) electrons. The van der Waals surface area contributed by atoms with Gasteiger partial charge >= 0.3 is 0 Å². The first-order valence-corrected chi connectivity index (χ1v) is 9.29. The van der Waals surface area contributed by atoms with Gasteiger partial charge in [0.1, 0.15) is 5.01 Å². The Balaban J connectivity index is 1.76. The van der Waals surface area contributed by atoms with Crippen LogP contribution in [0.25, 0.3) is 18.2 Å². The van der Waals surface area contributed by atoms with Crippen molar-refractivity contribution < 1.29 is 4.79 Å². The van der Waals surface area contributed by atoms with Gasteiger partial charge in [-0.15, -0.1) is 11.3 Å². The van der Waals surface area contributed by atoms with Gasteiger partial charge in [0.2, 0.25) is 0 Å². The average Bonchev–Trinajstić information content (AvgIpc) is 3.11. The van der Waals surface area contributed by atoms with E-state index in [-0.39, 0.29) is 5.78 Å². The predicted octanol–water partition coefficient (Wildman–Crippen LogP) is 5.26. The lowest BCUT2D eigenvalue weighted by Crippen LogP contribution is -1.93. The highest BCUT2D eigenvalue weighted by atomic mass is 32.1. The minimum absolute atomic E-state index is 0.122. The van der Waals surface area contributed by atoms with Gasteiger partial charge in [0.05, 0.1) is 33.8 Å². The Bertz CT molecular complexity index is 1170. The number of carbonyl (C=O) groups excluding carboxylic acids is 1. The lowest BCUT2D eigenvalue weighted by Gasteiger charge is -1.94. The van der Waals surface area contributed by atoms with Gasteiger partial charge in [-0.2, -0.15) is 10.5 Å². The van der Waals surface area contributed by atoms with E-state index in [2.05, 4.69) is 17.1 Å². The van der Waals surface area contributed by atoms with E-state index in [0.29, 0.717) is 21.7 Å². The number of hydrogen-bond donors (Lipinski definition) is 0. The van der Waals surface area contributed by atoms with Crippen molar-refractivity contribution in [2.75, 3.05) is 0 Å². The van der Waals surface area contributed by atoms with Crippen LogP contribution in [0.1, 0.15) is 42.6 Å². The van der Waals surface area contributed by atoms with Crippen molar-refractivity contribution in [3.8, 4) is 12.1 Å². The molecule has 28 heavy (non-hydrogen) atoms. The van der Waals surface area contributed by atoms with Gasteiger partial charge < -0.3 is 0 Å². The molecule has 1 aromatic heterocycles. The first-order chi connectivity index (χ1) is 13.6. The molecule has 0 aliphatic heterocycles. The molecule has 0 fully saturated rings. The van der Waals surface area contributed by atoms with Crippen molar-refractivity contribution in [2.45, 2.75) is 6.92 Å². The van der Waals surface area contributed by atoms with E-state index in [4.69, 9.17) is 10.5 Å². The molecule has 0 N–H and O–H groups in total. The number of nitrogens with zero attached hydrogens (tertiary/aromatic N) is 3. The molecule has 0 bridgehead atoms. The molecule has 2 aromatic carbocycles. The molecule has 0 atom stereocenters. The number of nitriles is 2. The van der Waals surface area contributed by atoms with Crippen LogP contribution in [0.2, 0.25) is 0 Å². The summed E-state index contributed by atoms with van der Waals surface area (Å²) in [4.78, 5) is 17.5. The molecule has 1 heterocycles. The van der Waals surface area contributed by atoms with Gasteiger partial charge in [0, 0.05) is 0 Å². The maximum Gasteiger partial charge on any atom is 0.197 e. The molecule has 0 aliphatic carbocycles. The van der Waals surface area contributed by atoms with Gasteiger partial charge in [0.25, 0.3) is 0 Å². The maximum absolute atomic E-state index is 12.5. The predicted molar refractivity (Wildman–Crippen MR) is 111 cm³/mol. The van der Waals surface area contributed by atoms with Crippen LogP contribution in [0, 0.1) is 29.6 Å². The zero-order valence-corrected chi connectivity index (χ0v) is 15.9. The molecular formula is C23H15N3OS. The first-order valence-electron chi connectivity index (χ1n) is 8.47. The van der Waals surface area contributed by atoms with Crippen LogP contribution in [0.3, 0.4) is 0 Å². The molecular weight excluding hydrogens is 366 g/mol. The van der Waals surface area contributed by atoms with E-state index in [1.807, 2.05) is 37.3 Å². The number of rotatable bonds is 5. The minimum Gasteiger partial charge on any atom is -0.288 e. The van der Waals surface area contributed by atoms with E-state index >= 15 is 0 Å². The second kappa shape index (κ2) is 8.73. The van der Waals surface area contributed by atoms with Gasteiger partial charge in [-0.25, -0.2) is 4.98 Å². The monoisotopic (exact) mass is 381 g/mol. The van der Waals surface area contributed by atoms with Crippen molar-refractivity contribution in [2.24, 2.45) is 0 Å². The molecule has 0 unspecified atom stereocenters. The van der Waals surface area contributed by atoms with Crippen molar-refractivity contribution in [1.82, 2.24) is 4.98 Å². The highest BCUT2D eigenvalue weighted by Gasteiger charge is 2.11. The zero-order chi connectivity index (χ0) is 19.9. The number of thiazole rings is 1. The Morgan fingerprint density at radius 2 is 1.57 bits per heavy atom. The van der Waals surface area contributed by atoms with E-state index in [1.165, 1.54) is 17.4 Å². The lowest BCUT2D eigenvalue weighted by atomic mass is 10.1. The van der Waals surface area contributed by atoms with Crippen LogP contribution in [0.4, 0.5) is 0 Å². The summed E-state index contributed by atoms with van der Waals surface area (Å²) in [6.07, 6.45) is 6.91. The zero-order valence-electron chi connectivity index (χ0n) is 15.1. The van der Waals surface area contributed by atoms with Crippen LogP contribution >= 0.6 is 11.3 Å². The van der Waals surface area contributed by atoms with Crippen LogP contribution in [0.15, 0.2) is 54.6 Å². The largest absolute Gasteiger partial charge is 0.288 e. The van der Waals surface area contributed by atoms with Crippen molar-refractivity contribution >= 4 is 35.3 Å². The number of aryl methyl sites for hydroxylation is 1. The number of carbonyl (C=O) groups is 1. The second-order valence-corrected chi connectivity index (χ2v) is 7.00. The van der Waals surface area contributed by atoms with Gasteiger partial charge in [0.15, 0.2) is 5.78 Å². The minimum atomic E-state index is -0.122. The van der Waals surface area contributed by atoms with Crippen LogP contribution in [-0.4, -0.2) is 10.8 Å². The fourth-order valence-corrected chi connectivity index (χ4v) is 3.45. The normalized spacial score (nSPS) is 10.8. The van der Waals surface area contributed by atoms with Crippen LogP contribution in [0.5, 0.6) is 0 Å². The van der Waals surface area contributed by atoms with Crippen molar-refractivity contribution in [1.29, 1.82) is 10.5 Å². The highest BCUT2D eigenvalue weighted by molar-refractivity contribution is 7.14.